The number of hydrogen-bond acceptors (Lipinski definition) is 4. The molecule has 1 aliphatic heterocycles. The molecule has 0 saturated carbocycles. The summed E-state index contributed by atoms with van der Waals surface area (Å²) in [6, 6.07) is 5.15. The number of methoxy groups -OCH3 is 1. The lowest BCUT2D eigenvalue weighted by Crippen LogP contribution is -2.59. The van der Waals surface area contributed by atoms with Crippen LogP contribution in [0.2, 0.25) is 0 Å². The van der Waals surface area contributed by atoms with Crippen molar-refractivity contribution in [2.45, 2.75) is 39.8 Å². The van der Waals surface area contributed by atoms with Gasteiger partial charge in [-0.2, -0.15) is 0 Å². The second kappa shape index (κ2) is 7.55. The zero-order valence-corrected chi connectivity index (χ0v) is 15.2. The maximum Gasteiger partial charge on any atom is 0.328 e. The molecule has 2 N–H and O–H groups in total. The third-order valence-corrected chi connectivity index (χ3v) is 4.22. The van der Waals surface area contributed by atoms with E-state index in [0.717, 1.165) is 0 Å². The maximum atomic E-state index is 13.0. The molecule has 0 aliphatic carbocycles. The molecule has 7 nitrogen and oxygen atoms in total. The van der Waals surface area contributed by atoms with E-state index in [1.54, 1.807) is 24.3 Å². The van der Waals surface area contributed by atoms with Crippen LogP contribution in [0.5, 0.6) is 0 Å². The number of carbonyl (C=O) groups excluding carboxylic acids is 3. The maximum absolute atomic E-state index is 13.0. The molecule has 2 atom stereocenters. The van der Waals surface area contributed by atoms with Gasteiger partial charge in [0, 0.05) is 0 Å². The third kappa shape index (κ3) is 3.75. The smallest absolute Gasteiger partial charge is 0.328 e. The van der Waals surface area contributed by atoms with E-state index in [4.69, 9.17) is 4.74 Å². The SMILES string of the molecule is COC(=O)[C@H](NC(=O)N1c2ccccc2NC(=O)[C@@H]1C(C)C)C(C)C. The van der Waals surface area contributed by atoms with Crippen molar-refractivity contribution in [2.24, 2.45) is 11.8 Å². The molecule has 136 valence electrons. The first-order valence-corrected chi connectivity index (χ1v) is 8.35. The predicted octanol–water partition coefficient (Wildman–Crippen LogP) is 2.38. The number of para-hydroxylation sites is 2. The zero-order valence-electron chi connectivity index (χ0n) is 15.2. The highest BCUT2D eigenvalue weighted by molar-refractivity contribution is 6.12. The van der Waals surface area contributed by atoms with E-state index in [1.165, 1.54) is 12.0 Å². The van der Waals surface area contributed by atoms with Gasteiger partial charge in [-0.3, -0.25) is 9.69 Å². The van der Waals surface area contributed by atoms with Gasteiger partial charge in [0.15, 0.2) is 0 Å². The number of hydrogen-bond donors (Lipinski definition) is 2. The molecule has 0 fully saturated rings. The fourth-order valence-electron chi connectivity index (χ4n) is 2.93. The Labute approximate surface area is 147 Å². The average molecular weight is 347 g/mol. The molecule has 0 bridgehead atoms. The van der Waals surface area contributed by atoms with Crippen LogP contribution in [0.3, 0.4) is 0 Å². The van der Waals surface area contributed by atoms with Crippen LogP contribution in [0, 0.1) is 11.8 Å². The minimum Gasteiger partial charge on any atom is -0.467 e. The quantitative estimate of drug-likeness (QED) is 0.819. The standard InChI is InChI=1S/C18H25N3O4/c1-10(2)14(17(23)25-5)20-18(24)21-13-9-7-6-8-12(13)19-16(22)15(21)11(3)4/h6-11,14-15H,1-5H3,(H,19,22)(H,20,24)/t14-,15+/m1/s1. The summed E-state index contributed by atoms with van der Waals surface area (Å²) in [4.78, 5) is 38.9. The molecule has 1 aromatic rings. The Hall–Kier alpha value is -2.57. The van der Waals surface area contributed by atoms with E-state index < -0.39 is 24.1 Å². The molecule has 1 heterocycles. The monoisotopic (exact) mass is 347 g/mol. The Kier molecular flexibility index (Phi) is 5.66. The second-order valence-electron chi connectivity index (χ2n) is 6.76. The fraction of sp³-hybridized carbons (Fsp3) is 0.500. The first-order chi connectivity index (χ1) is 11.8. The Bertz CT molecular complexity index is 672. The normalized spacial score (nSPS) is 17.8. The van der Waals surface area contributed by atoms with Crippen molar-refractivity contribution >= 4 is 29.3 Å². The van der Waals surface area contributed by atoms with E-state index in [-0.39, 0.29) is 17.7 Å². The number of nitrogens with zero attached hydrogens (tertiary/aromatic N) is 1. The van der Waals surface area contributed by atoms with Gasteiger partial charge in [-0.1, -0.05) is 39.8 Å². The number of fused-ring (bicyclic) bond motifs is 1. The molecule has 0 unspecified atom stereocenters. The summed E-state index contributed by atoms with van der Waals surface area (Å²) < 4.78 is 4.78. The van der Waals surface area contributed by atoms with E-state index in [2.05, 4.69) is 10.6 Å². The molecule has 7 heteroatoms. The van der Waals surface area contributed by atoms with Crippen LogP contribution in [0.1, 0.15) is 27.7 Å². The lowest BCUT2D eigenvalue weighted by Gasteiger charge is -2.39. The van der Waals surface area contributed by atoms with Gasteiger partial charge < -0.3 is 15.4 Å². The van der Waals surface area contributed by atoms with Gasteiger partial charge in [-0.25, -0.2) is 9.59 Å². The molecule has 0 radical (unpaired) electrons. The van der Waals surface area contributed by atoms with Crippen LogP contribution in [-0.4, -0.2) is 37.1 Å². The lowest BCUT2D eigenvalue weighted by atomic mass is 9.97. The van der Waals surface area contributed by atoms with Crippen LogP contribution in [-0.2, 0) is 14.3 Å². The van der Waals surface area contributed by atoms with Crippen LogP contribution in [0.15, 0.2) is 24.3 Å². The topological polar surface area (TPSA) is 87.7 Å². The summed E-state index contributed by atoms with van der Waals surface area (Å²) in [6.45, 7) is 7.38. The van der Waals surface area contributed by atoms with Crippen LogP contribution in [0.25, 0.3) is 0 Å². The number of ether oxygens (including phenoxy) is 1. The lowest BCUT2D eigenvalue weighted by molar-refractivity contribution is -0.143. The van der Waals surface area contributed by atoms with Gasteiger partial charge in [-0.15, -0.1) is 0 Å². The highest BCUT2D eigenvalue weighted by Gasteiger charge is 2.40. The van der Waals surface area contributed by atoms with Gasteiger partial charge in [0.05, 0.1) is 18.5 Å². The predicted molar refractivity (Wildman–Crippen MR) is 95.4 cm³/mol. The number of carbonyl (C=O) groups is 3. The largest absolute Gasteiger partial charge is 0.467 e. The molecule has 3 amide bonds. The van der Waals surface area contributed by atoms with Gasteiger partial charge in [0.2, 0.25) is 5.91 Å². The first-order valence-electron chi connectivity index (χ1n) is 8.35. The van der Waals surface area contributed by atoms with E-state index in [9.17, 15) is 14.4 Å². The van der Waals surface area contributed by atoms with Crippen molar-refractivity contribution in [1.29, 1.82) is 0 Å². The van der Waals surface area contributed by atoms with E-state index >= 15 is 0 Å². The van der Waals surface area contributed by atoms with Gasteiger partial charge in [0.1, 0.15) is 12.1 Å². The molecule has 1 aliphatic rings. The summed E-state index contributed by atoms with van der Waals surface area (Å²) >= 11 is 0. The summed E-state index contributed by atoms with van der Waals surface area (Å²) in [5.74, 6) is -1.01. The summed E-state index contributed by atoms with van der Waals surface area (Å²) in [5, 5.41) is 5.55. The highest BCUT2D eigenvalue weighted by atomic mass is 16.5. The van der Waals surface area contributed by atoms with Crippen molar-refractivity contribution in [2.75, 3.05) is 17.3 Å². The highest BCUT2D eigenvalue weighted by Crippen LogP contribution is 2.34. The molecular formula is C18H25N3O4. The molecule has 0 saturated heterocycles. The van der Waals surface area contributed by atoms with Gasteiger partial charge in [0.25, 0.3) is 0 Å². The van der Waals surface area contributed by atoms with Crippen LogP contribution < -0.4 is 15.5 Å². The van der Waals surface area contributed by atoms with Crippen LogP contribution in [0.4, 0.5) is 16.2 Å². The van der Waals surface area contributed by atoms with Crippen LogP contribution >= 0.6 is 0 Å². The number of nitrogens with one attached hydrogen (secondary N) is 2. The number of urea groups is 1. The molecule has 1 aromatic carbocycles. The Morgan fingerprint density at radius 2 is 1.84 bits per heavy atom. The van der Waals surface area contributed by atoms with Gasteiger partial charge >= 0.3 is 12.0 Å². The minimum atomic E-state index is -0.789. The Balaban J connectivity index is 2.40. The Morgan fingerprint density at radius 3 is 2.40 bits per heavy atom. The number of anilines is 2. The number of amides is 3. The van der Waals surface area contributed by atoms with Crippen molar-refractivity contribution in [3.63, 3.8) is 0 Å². The molecule has 0 spiro atoms. The fourth-order valence-corrected chi connectivity index (χ4v) is 2.93. The third-order valence-electron chi connectivity index (χ3n) is 4.22. The van der Waals surface area contributed by atoms with E-state index in [1.807, 2.05) is 27.7 Å². The zero-order chi connectivity index (χ0) is 18.7. The number of benzene rings is 1. The van der Waals surface area contributed by atoms with Crippen molar-refractivity contribution in [3.05, 3.63) is 24.3 Å². The number of esters is 1. The Morgan fingerprint density at radius 1 is 1.20 bits per heavy atom. The minimum absolute atomic E-state index is 0.102. The van der Waals surface area contributed by atoms with E-state index in [0.29, 0.717) is 11.4 Å². The van der Waals surface area contributed by atoms with Crippen molar-refractivity contribution in [3.8, 4) is 0 Å². The molecule has 25 heavy (non-hydrogen) atoms. The molecular weight excluding hydrogens is 322 g/mol. The summed E-state index contributed by atoms with van der Waals surface area (Å²) in [5.41, 5.74) is 1.17. The first kappa shape index (κ1) is 18.8. The van der Waals surface area contributed by atoms with Gasteiger partial charge in [-0.05, 0) is 24.0 Å². The second-order valence-corrected chi connectivity index (χ2v) is 6.76. The summed E-state index contributed by atoms with van der Waals surface area (Å²) in [6.07, 6.45) is 0. The number of rotatable bonds is 4. The van der Waals surface area contributed by atoms with Crippen molar-refractivity contribution in [1.82, 2.24) is 5.32 Å². The molecule has 0 aromatic heterocycles. The summed E-state index contributed by atoms with van der Waals surface area (Å²) in [7, 11) is 1.28. The average Bonchev–Trinajstić information content (AvgIpc) is 2.56. The van der Waals surface area contributed by atoms with Crippen molar-refractivity contribution < 1.29 is 19.1 Å². The molecule has 2 rings (SSSR count).